The normalized spacial score (nSPS) is 11.3. The summed E-state index contributed by atoms with van der Waals surface area (Å²) < 4.78 is 13.9. The molecule has 0 aliphatic heterocycles. The second-order valence-electron chi connectivity index (χ2n) is 13.0. The van der Waals surface area contributed by atoms with Crippen LogP contribution in [0.2, 0.25) is 0 Å². The van der Waals surface area contributed by atoms with Gasteiger partial charge in [-0.25, -0.2) is 0 Å². The van der Waals surface area contributed by atoms with Crippen LogP contribution in [-0.4, -0.2) is 77.6 Å². The fourth-order valence-corrected chi connectivity index (χ4v) is 4.69. The molecule has 0 spiro atoms. The zero-order valence-electron chi connectivity index (χ0n) is 26.9. The van der Waals surface area contributed by atoms with Crippen LogP contribution >= 0.6 is 0 Å². The van der Waals surface area contributed by atoms with Gasteiger partial charge in [-0.05, 0) is 81.9 Å². The average Bonchev–Trinajstić information content (AvgIpc) is 3.00. The summed E-state index contributed by atoms with van der Waals surface area (Å²) in [7, 11) is 13.0. The summed E-state index contributed by atoms with van der Waals surface area (Å²) in [4.78, 5) is 0. The highest BCUT2D eigenvalue weighted by molar-refractivity contribution is 6.04. The van der Waals surface area contributed by atoms with Gasteiger partial charge in [-0.1, -0.05) is 60.4 Å². The van der Waals surface area contributed by atoms with Gasteiger partial charge in [-0.2, -0.15) is 0 Å². The summed E-state index contributed by atoms with van der Waals surface area (Å²) in [5, 5.41) is 0. The highest BCUT2D eigenvalue weighted by atomic mass is 16.5. The van der Waals surface area contributed by atoms with E-state index < -0.39 is 0 Å². The largest absolute Gasteiger partial charge is 0.488 e. The van der Waals surface area contributed by atoms with Crippen molar-refractivity contribution in [2.45, 2.75) is 0 Å². The predicted octanol–water partition coefficient (Wildman–Crippen LogP) is 6.83. The molecule has 4 heteroatoms. The maximum absolute atomic E-state index is 6.09. The molecule has 4 aromatic rings. The van der Waals surface area contributed by atoms with E-state index in [4.69, 9.17) is 22.3 Å². The maximum atomic E-state index is 6.09. The van der Waals surface area contributed by atoms with Gasteiger partial charge < -0.3 is 18.4 Å². The van der Waals surface area contributed by atoms with Crippen LogP contribution in [0.1, 0.15) is 33.4 Å². The molecule has 4 aromatic carbocycles. The zero-order valence-corrected chi connectivity index (χ0v) is 26.9. The topological polar surface area (TPSA) is 18.5 Å². The third kappa shape index (κ3) is 9.13. The van der Waals surface area contributed by atoms with E-state index in [1.807, 2.05) is 48.5 Å². The lowest BCUT2D eigenvalue weighted by Crippen LogP contribution is -2.38. The molecule has 0 unspecified atom stereocenters. The van der Waals surface area contributed by atoms with E-state index >= 15 is 0 Å². The van der Waals surface area contributed by atoms with Crippen molar-refractivity contribution in [1.29, 1.82) is 0 Å². The summed E-state index contributed by atoms with van der Waals surface area (Å²) in [6.45, 7) is 3.13. The average molecular weight is 585 g/mol. The Balaban J connectivity index is 1.84. The van der Waals surface area contributed by atoms with Crippen molar-refractivity contribution in [3.8, 4) is 36.2 Å². The minimum absolute atomic E-state index is 0.648. The van der Waals surface area contributed by atoms with Gasteiger partial charge in [0.25, 0.3) is 0 Å². The van der Waals surface area contributed by atoms with Crippen LogP contribution in [0.3, 0.4) is 0 Å². The number of terminal acetylenes is 2. The molecule has 0 aliphatic carbocycles. The monoisotopic (exact) mass is 584 g/mol. The molecule has 0 radical (unpaired) electrons. The molecular formula is C40H44N2O2+2. The summed E-state index contributed by atoms with van der Waals surface area (Å²) in [6.07, 6.45) is 11.4. The van der Waals surface area contributed by atoms with Gasteiger partial charge in [0.2, 0.25) is 0 Å². The molecule has 0 atom stereocenters. The van der Waals surface area contributed by atoms with Crippen LogP contribution in [0.5, 0.6) is 11.5 Å². The molecule has 4 nitrogen and oxygen atoms in total. The Bertz CT molecular complexity index is 1510. The third-order valence-electron chi connectivity index (χ3n) is 7.28. The third-order valence-corrected chi connectivity index (χ3v) is 7.28. The second-order valence-corrected chi connectivity index (χ2v) is 13.0. The predicted molar refractivity (Wildman–Crippen MR) is 183 cm³/mol. The molecule has 224 valence electrons. The lowest BCUT2D eigenvalue weighted by molar-refractivity contribution is -0.870. The van der Waals surface area contributed by atoms with Crippen molar-refractivity contribution in [1.82, 2.24) is 0 Å². The first kappa shape index (κ1) is 32.2. The van der Waals surface area contributed by atoms with E-state index in [1.165, 1.54) is 0 Å². The Morgan fingerprint density at radius 3 is 1.00 bits per heavy atom. The fourth-order valence-electron chi connectivity index (χ4n) is 4.69. The summed E-state index contributed by atoms with van der Waals surface area (Å²) in [5.41, 5.74) is 8.08. The fraction of sp³-hybridized carbons (Fsp3) is 0.250. The maximum Gasteiger partial charge on any atom is 0.137 e. The Hall–Kier alpha value is -4.74. The Kier molecular flexibility index (Phi) is 10.4. The van der Waals surface area contributed by atoms with E-state index in [1.54, 1.807) is 0 Å². The number of hydrogen-bond donors (Lipinski definition) is 0. The van der Waals surface area contributed by atoms with E-state index in [0.717, 1.165) is 78.1 Å². The minimum Gasteiger partial charge on any atom is -0.488 e. The summed E-state index contributed by atoms with van der Waals surface area (Å²) >= 11 is 0. The highest BCUT2D eigenvalue weighted by Crippen LogP contribution is 2.38. The first-order valence-corrected chi connectivity index (χ1v) is 14.9. The Morgan fingerprint density at radius 1 is 0.477 bits per heavy atom. The van der Waals surface area contributed by atoms with Gasteiger partial charge in [0.1, 0.15) is 37.8 Å². The molecule has 0 aliphatic rings. The van der Waals surface area contributed by atoms with Crippen molar-refractivity contribution in [2.24, 2.45) is 0 Å². The molecule has 44 heavy (non-hydrogen) atoms. The molecule has 0 amide bonds. The molecular weight excluding hydrogens is 540 g/mol. The molecule has 0 saturated heterocycles. The van der Waals surface area contributed by atoms with Crippen LogP contribution in [0.15, 0.2) is 97.1 Å². The van der Waals surface area contributed by atoms with Gasteiger partial charge in [0.05, 0.1) is 42.3 Å². The van der Waals surface area contributed by atoms with Gasteiger partial charge in [0, 0.05) is 11.1 Å². The SMILES string of the molecule is C#Cc1ccc(C(=C(c2ccc(OCC[N+](C)(C)C)cc2)c2ccc(OCC[N+](C)(C)C)cc2)c2ccc(C#C)cc2)cc1. The lowest BCUT2D eigenvalue weighted by Gasteiger charge is -2.24. The van der Waals surface area contributed by atoms with Crippen molar-refractivity contribution >= 4 is 11.1 Å². The van der Waals surface area contributed by atoms with Gasteiger partial charge in [-0.3, -0.25) is 0 Å². The molecule has 0 saturated carbocycles. The second kappa shape index (κ2) is 14.2. The molecule has 0 bridgehead atoms. The number of nitrogens with zero attached hydrogens (tertiary/aromatic N) is 2. The zero-order chi connectivity index (χ0) is 31.7. The number of rotatable bonds is 12. The first-order valence-electron chi connectivity index (χ1n) is 14.9. The molecule has 0 N–H and O–H groups in total. The quantitative estimate of drug-likeness (QED) is 0.103. The van der Waals surface area contributed by atoms with Crippen molar-refractivity contribution in [2.75, 3.05) is 68.6 Å². The first-order chi connectivity index (χ1) is 21.0. The van der Waals surface area contributed by atoms with Gasteiger partial charge >= 0.3 is 0 Å². The summed E-state index contributed by atoms with van der Waals surface area (Å²) in [5.74, 6) is 7.17. The minimum atomic E-state index is 0.648. The Morgan fingerprint density at radius 2 is 0.750 bits per heavy atom. The molecule has 0 aromatic heterocycles. The standard InChI is InChI=1S/C40H44N2O2/c1-9-31-11-15-33(16-12-31)39(34-17-13-32(10-2)14-18-34)40(35-19-23-37(24-20-35)43-29-27-41(3,4)5)36-21-25-38(26-22-36)44-30-28-42(6,7)8/h1-2,11-26H,27-30H2,3-8H3/q+2. The highest BCUT2D eigenvalue weighted by Gasteiger charge is 2.17. The smallest absolute Gasteiger partial charge is 0.137 e. The lowest BCUT2D eigenvalue weighted by atomic mass is 9.85. The van der Waals surface area contributed by atoms with Crippen molar-refractivity contribution in [3.63, 3.8) is 0 Å². The van der Waals surface area contributed by atoms with Gasteiger partial charge in [-0.15, -0.1) is 12.8 Å². The van der Waals surface area contributed by atoms with Crippen molar-refractivity contribution < 1.29 is 18.4 Å². The van der Waals surface area contributed by atoms with E-state index in [-0.39, 0.29) is 0 Å². The summed E-state index contributed by atoms with van der Waals surface area (Å²) in [6, 6.07) is 33.0. The number of likely N-dealkylation sites (N-methyl/N-ethyl adjacent to an activating group) is 2. The van der Waals surface area contributed by atoms with E-state index in [0.29, 0.717) is 13.2 Å². The molecule has 4 rings (SSSR count). The number of hydrogen-bond acceptors (Lipinski definition) is 2. The van der Waals surface area contributed by atoms with E-state index in [2.05, 4.69) is 103 Å². The van der Waals surface area contributed by atoms with Crippen LogP contribution in [-0.2, 0) is 0 Å². The number of ether oxygens (including phenoxy) is 2. The molecule has 0 fully saturated rings. The Labute approximate surface area is 264 Å². The molecule has 0 heterocycles. The van der Waals surface area contributed by atoms with E-state index in [9.17, 15) is 0 Å². The van der Waals surface area contributed by atoms with Crippen molar-refractivity contribution in [3.05, 3.63) is 130 Å². The number of benzene rings is 4. The van der Waals surface area contributed by atoms with Crippen LogP contribution in [0, 0.1) is 24.7 Å². The number of quaternary nitrogens is 2. The van der Waals surface area contributed by atoms with Gasteiger partial charge in [0.15, 0.2) is 0 Å². The van der Waals surface area contributed by atoms with Crippen LogP contribution < -0.4 is 9.47 Å². The van der Waals surface area contributed by atoms with Crippen LogP contribution in [0.4, 0.5) is 0 Å². The van der Waals surface area contributed by atoms with Crippen LogP contribution in [0.25, 0.3) is 11.1 Å².